The first-order valence-electron chi connectivity index (χ1n) is 10.9. The zero-order valence-corrected chi connectivity index (χ0v) is 20.9. The number of hydrogen-bond donors (Lipinski definition) is 2. The second kappa shape index (κ2) is 12.0. The summed E-state index contributed by atoms with van der Waals surface area (Å²) in [5.74, 6) is 2.53. The molecule has 0 spiro atoms. The lowest BCUT2D eigenvalue weighted by Crippen LogP contribution is -2.48. The normalized spacial score (nSPS) is 14.4. The summed E-state index contributed by atoms with van der Waals surface area (Å²) >= 11 is 0. The summed E-state index contributed by atoms with van der Waals surface area (Å²) < 4.78 is 5.52. The van der Waals surface area contributed by atoms with Crippen molar-refractivity contribution in [2.75, 3.05) is 76.0 Å². The van der Waals surface area contributed by atoms with Crippen LogP contribution in [-0.4, -0.2) is 91.3 Å². The van der Waals surface area contributed by atoms with E-state index >= 15 is 0 Å². The van der Waals surface area contributed by atoms with Gasteiger partial charge in [0.25, 0.3) is 0 Å². The molecule has 3 rings (SSSR count). The number of halogens is 1. The van der Waals surface area contributed by atoms with E-state index in [1.165, 1.54) is 0 Å². The van der Waals surface area contributed by atoms with Gasteiger partial charge in [-0.1, -0.05) is 6.07 Å². The summed E-state index contributed by atoms with van der Waals surface area (Å²) in [5.41, 5.74) is 1.96. The fraction of sp³-hybridized carbons (Fsp3) is 0.591. The Labute approximate surface area is 198 Å². The highest BCUT2D eigenvalue weighted by atomic mass is 35.5. The van der Waals surface area contributed by atoms with Crippen molar-refractivity contribution in [2.45, 2.75) is 26.8 Å². The molecule has 1 aliphatic heterocycles. The van der Waals surface area contributed by atoms with Gasteiger partial charge in [-0.05, 0) is 52.6 Å². The predicted octanol–water partition coefficient (Wildman–Crippen LogP) is 2.86. The van der Waals surface area contributed by atoms with E-state index in [1.54, 1.807) is 7.11 Å². The molecule has 0 atom stereocenters. The van der Waals surface area contributed by atoms with E-state index in [4.69, 9.17) is 9.72 Å². The van der Waals surface area contributed by atoms with Crippen LogP contribution in [-0.2, 0) is 0 Å². The van der Waals surface area contributed by atoms with Crippen LogP contribution < -0.4 is 20.3 Å². The Hall–Kier alpha value is -2.36. The molecule has 1 aromatic heterocycles. The molecule has 2 N–H and O–H groups in total. The molecule has 0 bridgehead atoms. The van der Waals surface area contributed by atoms with Crippen LogP contribution in [0.25, 0.3) is 0 Å². The van der Waals surface area contributed by atoms with Gasteiger partial charge in [0.15, 0.2) is 0 Å². The number of methoxy groups -OCH3 is 1. The van der Waals surface area contributed by atoms with E-state index in [9.17, 15) is 0 Å². The lowest BCUT2D eigenvalue weighted by molar-refractivity contribution is 0.228. The van der Waals surface area contributed by atoms with Crippen LogP contribution in [0.1, 0.15) is 19.4 Å². The van der Waals surface area contributed by atoms with Gasteiger partial charge in [-0.15, -0.1) is 12.4 Å². The molecule has 10 heteroatoms. The van der Waals surface area contributed by atoms with Crippen molar-refractivity contribution in [3.05, 3.63) is 23.8 Å². The number of piperazine rings is 1. The Morgan fingerprint density at radius 1 is 1.06 bits per heavy atom. The molecular weight excluding hydrogens is 428 g/mol. The lowest BCUT2D eigenvalue weighted by atomic mass is 10.2. The average molecular weight is 465 g/mol. The van der Waals surface area contributed by atoms with Gasteiger partial charge >= 0.3 is 0 Å². The maximum atomic E-state index is 5.52. The Balaban J connectivity index is 0.00000363. The number of rotatable bonds is 9. The van der Waals surface area contributed by atoms with E-state index in [0.717, 1.165) is 56.3 Å². The van der Waals surface area contributed by atoms with E-state index in [0.29, 0.717) is 17.8 Å². The van der Waals surface area contributed by atoms with E-state index in [1.807, 2.05) is 25.1 Å². The van der Waals surface area contributed by atoms with Crippen molar-refractivity contribution in [3.8, 4) is 5.75 Å². The highest BCUT2D eigenvalue weighted by Gasteiger charge is 2.21. The van der Waals surface area contributed by atoms with Gasteiger partial charge in [0, 0.05) is 45.3 Å². The SMILES string of the molecule is COc1cc(C)ccc1Nc1nc(NC(C)C)nc(N2CCN(CCN(C)C)CC2)n1.Cl. The first-order valence-corrected chi connectivity index (χ1v) is 10.9. The molecule has 1 saturated heterocycles. The van der Waals surface area contributed by atoms with E-state index in [2.05, 4.69) is 63.2 Å². The first kappa shape index (κ1) is 25.9. The van der Waals surface area contributed by atoms with Gasteiger partial charge in [-0.3, -0.25) is 4.90 Å². The molecular formula is C22H37ClN8O. The predicted molar refractivity (Wildman–Crippen MR) is 134 cm³/mol. The van der Waals surface area contributed by atoms with Crippen LogP contribution >= 0.6 is 12.4 Å². The molecule has 0 aliphatic carbocycles. The minimum absolute atomic E-state index is 0. The third-order valence-corrected chi connectivity index (χ3v) is 5.16. The summed E-state index contributed by atoms with van der Waals surface area (Å²) in [6.45, 7) is 12.1. The van der Waals surface area contributed by atoms with Crippen LogP contribution in [0, 0.1) is 6.92 Å². The van der Waals surface area contributed by atoms with Crippen molar-refractivity contribution >= 4 is 35.9 Å². The quantitative estimate of drug-likeness (QED) is 0.582. The minimum atomic E-state index is 0. The average Bonchev–Trinajstić information content (AvgIpc) is 2.73. The van der Waals surface area contributed by atoms with Gasteiger partial charge in [0.2, 0.25) is 17.8 Å². The molecule has 9 nitrogen and oxygen atoms in total. The molecule has 0 saturated carbocycles. The van der Waals surface area contributed by atoms with Crippen LogP contribution in [0.4, 0.5) is 23.5 Å². The lowest BCUT2D eigenvalue weighted by Gasteiger charge is -2.35. The van der Waals surface area contributed by atoms with Gasteiger partial charge in [0.1, 0.15) is 5.75 Å². The molecule has 0 unspecified atom stereocenters. The third-order valence-electron chi connectivity index (χ3n) is 5.16. The summed E-state index contributed by atoms with van der Waals surface area (Å²) in [6.07, 6.45) is 0. The van der Waals surface area contributed by atoms with Crippen LogP contribution in [0.5, 0.6) is 5.75 Å². The highest BCUT2D eigenvalue weighted by Crippen LogP contribution is 2.28. The Morgan fingerprint density at radius 2 is 1.75 bits per heavy atom. The zero-order chi connectivity index (χ0) is 22.4. The third kappa shape index (κ3) is 7.36. The fourth-order valence-electron chi connectivity index (χ4n) is 3.42. The van der Waals surface area contributed by atoms with Gasteiger partial charge in [-0.25, -0.2) is 0 Å². The molecule has 1 aromatic carbocycles. The smallest absolute Gasteiger partial charge is 0.233 e. The van der Waals surface area contributed by atoms with Crippen LogP contribution in [0.2, 0.25) is 0 Å². The molecule has 2 heterocycles. The molecule has 1 aliphatic rings. The molecule has 178 valence electrons. The molecule has 0 radical (unpaired) electrons. The molecule has 0 amide bonds. The standard InChI is InChI=1S/C22H36N8O.ClH/c1-16(2)23-20-25-21(24-18-8-7-17(3)15-19(18)31-6)27-22(26-20)30-13-11-29(12-14-30)10-9-28(4)5;/h7-8,15-16H,9-14H2,1-6H3,(H2,23,24,25,26,27);1H. The van der Waals surface area contributed by atoms with Crippen molar-refractivity contribution < 1.29 is 4.74 Å². The number of aromatic nitrogens is 3. The number of anilines is 4. The van der Waals surface area contributed by atoms with Crippen LogP contribution in [0.15, 0.2) is 18.2 Å². The van der Waals surface area contributed by atoms with E-state index < -0.39 is 0 Å². The topological polar surface area (TPSA) is 81.7 Å². The number of aryl methyl sites for hydroxylation is 1. The summed E-state index contributed by atoms with van der Waals surface area (Å²) in [7, 11) is 5.89. The molecule has 2 aromatic rings. The Bertz CT molecular complexity index is 856. The Kier molecular flexibility index (Phi) is 9.74. The molecule has 1 fully saturated rings. The number of nitrogens with zero attached hydrogens (tertiary/aromatic N) is 6. The number of ether oxygens (including phenoxy) is 1. The number of likely N-dealkylation sites (N-methyl/N-ethyl adjacent to an activating group) is 1. The van der Waals surface area contributed by atoms with E-state index in [-0.39, 0.29) is 18.4 Å². The number of benzene rings is 1. The van der Waals surface area contributed by atoms with Gasteiger partial charge in [-0.2, -0.15) is 15.0 Å². The summed E-state index contributed by atoms with van der Waals surface area (Å²) in [6, 6.07) is 6.23. The number of nitrogens with one attached hydrogen (secondary N) is 2. The van der Waals surface area contributed by atoms with Gasteiger partial charge in [0.05, 0.1) is 12.8 Å². The Morgan fingerprint density at radius 3 is 2.38 bits per heavy atom. The van der Waals surface area contributed by atoms with Gasteiger partial charge < -0.3 is 25.2 Å². The molecule has 32 heavy (non-hydrogen) atoms. The first-order chi connectivity index (χ1) is 14.8. The second-order valence-electron chi connectivity index (χ2n) is 8.54. The number of hydrogen-bond acceptors (Lipinski definition) is 9. The van der Waals surface area contributed by atoms with Crippen molar-refractivity contribution in [1.29, 1.82) is 0 Å². The van der Waals surface area contributed by atoms with Crippen LogP contribution in [0.3, 0.4) is 0 Å². The summed E-state index contributed by atoms with van der Waals surface area (Å²) in [5, 5.41) is 6.63. The minimum Gasteiger partial charge on any atom is -0.495 e. The zero-order valence-electron chi connectivity index (χ0n) is 20.1. The fourth-order valence-corrected chi connectivity index (χ4v) is 3.42. The largest absolute Gasteiger partial charge is 0.495 e. The van der Waals surface area contributed by atoms with Crippen molar-refractivity contribution in [1.82, 2.24) is 24.8 Å². The van der Waals surface area contributed by atoms with Crippen molar-refractivity contribution in [2.24, 2.45) is 0 Å². The summed E-state index contributed by atoms with van der Waals surface area (Å²) in [4.78, 5) is 20.9. The monoisotopic (exact) mass is 464 g/mol. The maximum absolute atomic E-state index is 5.52. The maximum Gasteiger partial charge on any atom is 0.233 e. The van der Waals surface area contributed by atoms with Crippen molar-refractivity contribution in [3.63, 3.8) is 0 Å². The highest BCUT2D eigenvalue weighted by molar-refractivity contribution is 5.85. The second-order valence-corrected chi connectivity index (χ2v) is 8.54.